The summed E-state index contributed by atoms with van der Waals surface area (Å²) in [7, 11) is 0. The Morgan fingerprint density at radius 1 is 1.42 bits per heavy atom. The first-order valence-corrected chi connectivity index (χ1v) is 7.36. The summed E-state index contributed by atoms with van der Waals surface area (Å²) in [6.07, 6.45) is 4.75. The first-order valence-electron chi connectivity index (χ1n) is 7.36. The molecule has 0 amide bonds. The first-order chi connectivity index (χ1) is 9.20. The van der Waals surface area contributed by atoms with Gasteiger partial charge in [-0.25, -0.2) is 4.39 Å². The minimum absolute atomic E-state index is 0.176. The molecule has 0 aliphatic heterocycles. The minimum atomic E-state index is -0.251. The number of hydrogen-bond donors (Lipinski definition) is 1. The van der Waals surface area contributed by atoms with Gasteiger partial charge in [0.05, 0.1) is 6.61 Å². The van der Waals surface area contributed by atoms with Crippen LogP contribution in [0.25, 0.3) is 0 Å². The molecule has 1 N–H and O–H groups in total. The van der Waals surface area contributed by atoms with Crippen LogP contribution in [-0.4, -0.2) is 13.2 Å². The zero-order valence-electron chi connectivity index (χ0n) is 11.9. The van der Waals surface area contributed by atoms with Gasteiger partial charge in [0.25, 0.3) is 0 Å². The highest BCUT2D eigenvalue weighted by Gasteiger charge is 2.21. The fourth-order valence-electron chi connectivity index (χ4n) is 2.12. The van der Waals surface area contributed by atoms with E-state index in [0.717, 1.165) is 30.9 Å². The molecule has 1 aromatic rings. The third-order valence-corrected chi connectivity index (χ3v) is 3.64. The summed E-state index contributed by atoms with van der Waals surface area (Å²) in [5.41, 5.74) is 0.973. The quantitative estimate of drug-likeness (QED) is 0.765. The van der Waals surface area contributed by atoms with Crippen LogP contribution >= 0.6 is 0 Å². The van der Waals surface area contributed by atoms with Crippen LogP contribution in [0.3, 0.4) is 0 Å². The lowest BCUT2D eigenvalue weighted by Crippen LogP contribution is -2.19. The molecule has 1 atom stereocenters. The van der Waals surface area contributed by atoms with E-state index in [-0.39, 0.29) is 11.9 Å². The Labute approximate surface area is 115 Å². The normalized spacial score (nSPS) is 16.4. The molecule has 1 fully saturated rings. The highest BCUT2D eigenvalue weighted by Crippen LogP contribution is 2.32. The number of hydrogen-bond acceptors (Lipinski definition) is 2. The van der Waals surface area contributed by atoms with Crippen molar-refractivity contribution in [3.8, 4) is 5.75 Å². The molecule has 0 spiro atoms. The van der Waals surface area contributed by atoms with Crippen LogP contribution in [0.2, 0.25) is 0 Å². The van der Waals surface area contributed by atoms with Gasteiger partial charge in [-0.1, -0.05) is 25.8 Å². The van der Waals surface area contributed by atoms with Crippen LogP contribution in [0.4, 0.5) is 4.39 Å². The average Bonchev–Trinajstić information content (AvgIpc) is 3.22. The second-order valence-corrected chi connectivity index (χ2v) is 5.45. The smallest absolute Gasteiger partial charge is 0.165 e. The van der Waals surface area contributed by atoms with Gasteiger partial charge in [-0.3, -0.25) is 0 Å². The van der Waals surface area contributed by atoms with Crippen LogP contribution in [0, 0.1) is 11.7 Å². The predicted molar refractivity (Wildman–Crippen MR) is 75.9 cm³/mol. The Bertz CT molecular complexity index is 404. The lowest BCUT2D eigenvalue weighted by atomic mass is 10.1. The number of halogens is 1. The fourth-order valence-corrected chi connectivity index (χ4v) is 2.12. The molecule has 1 saturated carbocycles. The van der Waals surface area contributed by atoms with E-state index in [2.05, 4.69) is 19.2 Å². The fraction of sp³-hybridized carbons (Fsp3) is 0.625. The standard InChI is InChI=1S/C16H24FNO/c1-3-9-18-12(2)14-6-7-16(15(17)11-14)19-10-8-13-4-5-13/h6-7,11-13,18H,3-5,8-10H2,1-2H3. The molecule has 19 heavy (non-hydrogen) atoms. The molecule has 0 bridgehead atoms. The van der Waals surface area contributed by atoms with E-state index >= 15 is 0 Å². The summed E-state index contributed by atoms with van der Waals surface area (Å²) >= 11 is 0. The molecule has 106 valence electrons. The van der Waals surface area contributed by atoms with Gasteiger partial charge in [-0.05, 0) is 49.9 Å². The monoisotopic (exact) mass is 265 g/mol. The topological polar surface area (TPSA) is 21.3 Å². The van der Waals surface area contributed by atoms with Crippen LogP contribution in [0.15, 0.2) is 18.2 Å². The molecular weight excluding hydrogens is 241 g/mol. The van der Waals surface area contributed by atoms with E-state index in [0.29, 0.717) is 12.4 Å². The van der Waals surface area contributed by atoms with E-state index in [1.165, 1.54) is 12.8 Å². The van der Waals surface area contributed by atoms with E-state index in [9.17, 15) is 4.39 Å². The largest absolute Gasteiger partial charge is 0.491 e. The number of ether oxygens (including phenoxy) is 1. The van der Waals surface area contributed by atoms with Crippen LogP contribution < -0.4 is 10.1 Å². The molecule has 1 aromatic carbocycles. The molecule has 2 rings (SSSR count). The van der Waals surface area contributed by atoms with Crippen molar-refractivity contribution >= 4 is 0 Å². The van der Waals surface area contributed by atoms with Gasteiger partial charge in [0.15, 0.2) is 11.6 Å². The van der Waals surface area contributed by atoms with Crippen molar-refractivity contribution in [2.24, 2.45) is 5.92 Å². The molecule has 0 heterocycles. The van der Waals surface area contributed by atoms with Crippen molar-refractivity contribution in [3.63, 3.8) is 0 Å². The van der Waals surface area contributed by atoms with Gasteiger partial charge in [0.2, 0.25) is 0 Å². The SMILES string of the molecule is CCCNC(C)c1ccc(OCCC2CC2)c(F)c1. The molecule has 0 saturated heterocycles. The van der Waals surface area contributed by atoms with Gasteiger partial charge in [0.1, 0.15) is 0 Å². The van der Waals surface area contributed by atoms with Crippen molar-refractivity contribution in [2.45, 2.75) is 45.6 Å². The zero-order valence-corrected chi connectivity index (χ0v) is 11.9. The summed E-state index contributed by atoms with van der Waals surface area (Å²) in [4.78, 5) is 0. The summed E-state index contributed by atoms with van der Waals surface area (Å²) in [6, 6.07) is 5.46. The Morgan fingerprint density at radius 3 is 2.84 bits per heavy atom. The highest BCUT2D eigenvalue weighted by atomic mass is 19.1. The lowest BCUT2D eigenvalue weighted by Gasteiger charge is -2.15. The second kappa shape index (κ2) is 6.90. The molecule has 1 unspecified atom stereocenters. The maximum atomic E-state index is 13.9. The Hall–Kier alpha value is -1.09. The Kier molecular flexibility index (Phi) is 5.20. The number of benzene rings is 1. The molecule has 0 radical (unpaired) electrons. The van der Waals surface area contributed by atoms with Gasteiger partial charge in [-0.2, -0.15) is 0 Å². The Morgan fingerprint density at radius 2 is 2.21 bits per heavy atom. The molecule has 3 heteroatoms. The van der Waals surface area contributed by atoms with E-state index in [4.69, 9.17) is 4.74 Å². The summed E-state index contributed by atoms with van der Waals surface area (Å²) in [5, 5.41) is 3.35. The molecular formula is C16H24FNO. The summed E-state index contributed by atoms with van der Waals surface area (Å²) in [6.45, 7) is 5.75. The third-order valence-electron chi connectivity index (χ3n) is 3.64. The molecule has 2 nitrogen and oxygen atoms in total. The molecule has 1 aliphatic carbocycles. The van der Waals surface area contributed by atoms with E-state index in [1.54, 1.807) is 12.1 Å². The van der Waals surface area contributed by atoms with Gasteiger partial charge in [0, 0.05) is 6.04 Å². The predicted octanol–water partition coefficient (Wildman–Crippen LogP) is 4.07. The number of nitrogens with one attached hydrogen (secondary N) is 1. The second-order valence-electron chi connectivity index (χ2n) is 5.45. The maximum Gasteiger partial charge on any atom is 0.165 e. The van der Waals surface area contributed by atoms with Crippen molar-refractivity contribution in [1.29, 1.82) is 0 Å². The van der Waals surface area contributed by atoms with Crippen molar-refractivity contribution in [1.82, 2.24) is 5.32 Å². The van der Waals surface area contributed by atoms with Crippen molar-refractivity contribution in [2.75, 3.05) is 13.2 Å². The molecule has 0 aromatic heterocycles. The number of rotatable bonds is 8. The average molecular weight is 265 g/mol. The third kappa shape index (κ3) is 4.50. The van der Waals surface area contributed by atoms with E-state index < -0.39 is 0 Å². The van der Waals surface area contributed by atoms with Crippen molar-refractivity contribution < 1.29 is 9.13 Å². The first kappa shape index (κ1) is 14.3. The zero-order chi connectivity index (χ0) is 13.7. The summed E-state index contributed by atoms with van der Waals surface area (Å²) < 4.78 is 19.4. The van der Waals surface area contributed by atoms with Crippen LogP contribution in [0.1, 0.15) is 51.1 Å². The van der Waals surface area contributed by atoms with Crippen molar-refractivity contribution in [3.05, 3.63) is 29.6 Å². The maximum absolute atomic E-state index is 13.9. The van der Waals surface area contributed by atoms with Gasteiger partial charge < -0.3 is 10.1 Å². The lowest BCUT2D eigenvalue weighted by molar-refractivity contribution is 0.288. The van der Waals surface area contributed by atoms with Gasteiger partial charge >= 0.3 is 0 Å². The van der Waals surface area contributed by atoms with E-state index in [1.807, 2.05) is 6.07 Å². The highest BCUT2D eigenvalue weighted by molar-refractivity contribution is 5.30. The summed E-state index contributed by atoms with van der Waals surface area (Å²) in [5.74, 6) is 0.950. The van der Waals surface area contributed by atoms with Gasteiger partial charge in [-0.15, -0.1) is 0 Å². The minimum Gasteiger partial charge on any atom is -0.491 e. The van der Waals surface area contributed by atoms with Crippen LogP contribution in [-0.2, 0) is 0 Å². The van der Waals surface area contributed by atoms with Crippen LogP contribution in [0.5, 0.6) is 5.75 Å². The molecule has 1 aliphatic rings. The Balaban J connectivity index is 1.87.